The third-order valence-corrected chi connectivity index (χ3v) is 6.54. The van der Waals surface area contributed by atoms with Gasteiger partial charge in [0.15, 0.2) is 0 Å². The number of nitrogens with one attached hydrogen (secondary N) is 1. The number of urea groups is 1. The Hall–Kier alpha value is -0.850. The van der Waals surface area contributed by atoms with E-state index in [2.05, 4.69) is 42.8 Å². The normalized spacial score (nSPS) is 31.3. The van der Waals surface area contributed by atoms with Crippen molar-refractivity contribution < 1.29 is 9.53 Å². The lowest BCUT2D eigenvalue weighted by Crippen LogP contribution is -2.58. The molecule has 3 unspecified atom stereocenters. The predicted octanol–water partition coefficient (Wildman–Crippen LogP) is 2.25. The lowest BCUT2D eigenvalue weighted by atomic mass is 9.88. The second-order valence-corrected chi connectivity index (χ2v) is 9.74. The summed E-state index contributed by atoms with van der Waals surface area (Å²) in [6.45, 7) is 17.7. The number of piperazine rings is 1. The van der Waals surface area contributed by atoms with Crippen molar-refractivity contribution in [2.24, 2.45) is 11.8 Å². The van der Waals surface area contributed by atoms with Gasteiger partial charge in [0.1, 0.15) is 0 Å². The van der Waals surface area contributed by atoms with E-state index >= 15 is 0 Å². The highest BCUT2D eigenvalue weighted by Crippen LogP contribution is 2.27. The van der Waals surface area contributed by atoms with Crippen LogP contribution in [0.5, 0.6) is 0 Å². The van der Waals surface area contributed by atoms with Gasteiger partial charge in [0, 0.05) is 64.5 Å². The fourth-order valence-corrected chi connectivity index (χ4v) is 4.88. The molecule has 0 radical (unpaired) electrons. The van der Waals surface area contributed by atoms with Gasteiger partial charge in [0.2, 0.25) is 0 Å². The lowest BCUT2D eigenvalue weighted by molar-refractivity contribution is 0.0437. The smallest absolute Gasteiger partial charge is 0.317 e. The number of likely N-dealkylation sites (tertiary alicyclic amines) is 1. The van der Waals surface area contributed by atoms with Crippen molar-refractivity contribution in [1.82, 2.24) is 20.0 Å². The molecule has 3 aliphatic rings. The Morgan fingerprint density at radius 3 is 2.37 bits per heavy atom. The van der Waals surface area contributed by atoms with E-state index in [0.29, 0.717) is 12.6 Å². The predicted molar refractivity (Wildman–Crippen MR) is 109 cm³/mol. The molecule has 0 aliphatic carbocycles. The van der Waals surface area contributed by atoms with Crippen LogP contribution in [0.15, 0.2) is 0 Å². The van der Waals surface area contributed by atoms with Crippen LogP contribution in [0.2, 0.25) is 0 Å². The molecule has 0 aromatic carbocycles. The molecule has 3 aliphatic heterocycles. The summed E-state index contributed by atoms with van der Waals surface area (Å²) in [5.41, 5.74) is 0.000232. The van der Waals surface area contributed by atoms with Crippen molar-refractivity contribution in [2.75, 3.05) is 59.0 Å². The highest BCUT2D eigenvalue weighted by Gasteiger charge is 2.33. The molecule has 0 aromatic rings. The van der Waals surface area contributed by atoms with Crippen molar-refractivity contribution in [3.63, 3.8) is 0 Å². The van der Waals surface area contributed by atoms with Crippen molar-refractivity contribution in [2.45, 2.75) is 58.6 Å². The quantitative estimate of drug-likeness (QED) is 0.795. The summed E-state index contributed by atoms with van der Waals surface area (Å²) >= 11 is 0. The molecular formula is C21H40N4O2. The zero-order chi connectivity index (χ0) is 19.4. The van der Waals surface area contributed by atoms with Gasteiger partial charge in [-0.3, -0.25) is 9.80 Å². The number of hydrogen-bond donors (Lipinski definition) is 1. The van der Waals surface area contributed by atoms with E-state index in [1.165, 1.54) is 19.3 Å². The molecule has 2 amide bonds. The second-order valence-electron chi connectivity index (χ2n) is 9.74. The Kier molecular flexibility index (Phi) is 7.03. The SMILES string of the molecule is CC1CC(C)CN(C(C)(C)CNC(=O)N2CCN(CC3CCCO3)CC2)C1. The van der Waals surface area contributed by atoms with Crippen LogP contribution in [0.1, 0.15) is 47.0 Å². The maximum absolute atomic E-state index is 12.7. The van der Waals surface area contributed by atoms with Crippen LogP contribution in [0, 0.1) is 11.8 Å². The molecule has 0 spiro atoms. The molecule has 3 heterocycles. The van der Waals surface area contributed by atoms with Crippen LogP contribution >= 0.6 is 0 Å². The van der Waals surface area contributed by atoms with E-state index in [4.69, 9.17) is 4.74 Å². The van der Waals surface area contributed by atoms with E-state index in [0.717, 1.165) is 64.3 Å². The summed E-state index contributed by atoms with van der Waals surface area (Å²) in [4.78, 5) is 19.6. The number of nitrogens with zero attached hydrogens (tertiary/aromatic N) is 3. The average molecular weight is 381 g/mol. The highest BCUT2D eigenvalue weighted by atomic mass is 16.5. The Balaban J connectivity index is 1.40. The van der Waals surface area contributed by atoms with Gasteiger partial charge in [0.05, 0.1) is 6.10 Å². The number of piperidine rings is 1. The molecule has 27 heavy (non-hydrogen) atoms. The molecule has 1 N–H and O–H groups in total. The molecule has 0 saturated carbocycles. The van der Waals surface area contributed by atoms with E-state index in [1.807, 2.05) is 4.90 Å². The van der Waals surface area contributed by atoms with Crippen molar-refractivity contribution in [3.05, 3.63) is 0 Å². The standard InChI is InChI=1S/C21H40N4O2/c1-17-12-18(2)14-25(13-17)21(3,4)16-22-20(26)24-9-7-23(8-10-24)15-19-6-5-11-27-19/h17-19H,5-16H2,1-4H3,(H,22,26). The maximum Gasteiger partial charge on any atom is 0.317 e. The summed E-state index contributed by atoms with van der Waals surface area (Å²) in [5.74, 6) is 1.47. The molecule has 3 fully saturated rings. The summed E-state index contributed by atoms with van der Waals surface area (Å²) < 4.78 is 5.74. The van der Waals surface area contributed by atoms with Crippen molar-refractivity contribution in [3.8, 4) is 0 Å². The molecule has 3 atom stereocenters. The summed E-state index contributed by atoms with van der Waals surface area (Å²) in [7, 11) is 0. The van der Waals surface area contributed by atoms with E-state index < -0.39 is 0 Å². The molecule has 6 heteroatoms. The van der Waals surface area contributed by atoms with Crippen LogP contribution in [0.25, 0.3) is 0 Å². The van der Waals surface area contributed by atoms with Gasteiger partial charge >= 0.3 is 6.03 Å². The lowest BCUT2D eigenvalue weighted by Gasteiger charge is -2.45. The minimum Gasteiger partial charge on any atom is -0.377 e. The first-order valence-electron chi connectivity index (χ1n) is 11.0. The minimum absolute atomic E-state index is 0.000232. The fourth-order valence-electron chi connectivity index (χ4n) is 4.88. The monoisotopic (exact) mass is 380 g/mol. The fraction of sp³-hybridized carbons (Fsp3) is 0.952. The average Bonchev–Trinajstić information content (AvgIpc) is 3.12. The number of hydrogen-bond acceptors (Lipinski definition) is 4. The minimum atomic E-state index is 0.000232. The van der Waals surface area contributed by atoms with Crippen molar-refractivity contribution >= 4 is 6.03 Å². The van der Waals surface area contributed by atoms with E-state index in [1.54, 1.807) is 0 Å². The van der Waals surface area contributed by atoms with Gasteiger partial charge < -0.3 is 15.0 Å². The first-order valence-corrected chi connectivity index (χ1v) is 11.0. The number of rotatable bonds is 5. The van der Waals surface area contributed by atoms with Gasteiger partial charge in [0.25, 0.3) is 0 Å². The summed E-state index contributed by atoms with van der Waals surface area (Å²) in [6, 6.07) is 0.0953. The Morgan fingerprint density at radius 2 is 1.78 bits per heavy atom. The Bertz CT molecular complexity index is 475. The van der Waals surface area contributed by atoms with Gasteiger partial charge in [-0.15, -0.1) is 0 Å². The number of amides is 2. The highest BCUT2D eigenvalue weighted by molar-refractivity contribution is 5.74. The molecule has 6 nitrogen and oxygen atoms in total. The molecule has 3 rings (SSSR count). The molecule has 0 bridgehead atoms. The molecular weight excluding hydrogens is 340 g/mol. The third-order valence-electron chi connectivity index (χ3n) is 6.54. The van der Waals surface area contributed by atoms with Gasteiger partial charge in [-0.25, -0.2) is 4.79 Å². The molecule has 0 aromatic heterocycles. The zero-order valence-corrected chi connectivity index (χ0v) is 17.9. The third kappa shape index (κ3) is 5.81. The Morgan fingerprint density at radius 1 is 1.11 bits per heavy atom. The van der Waals surface area contributed by atoms with Gasteiger partial charge in [-0.05, 0) is 44.9 Å². The second kappa shape index (κ2) is 9.10. The molecule has 3 saturated heterocycles. The van der Waals surface area contributed by atoms with Gasteiger partial charge in [-0.1, -0.05) is 13.8 Å². The van der Waals surface area contributed by atoms with Crippen LogP contribution in [-0.2, 0) is 4.74 Å². The van der Waals surface area contributed by atoms with Crippen LogP contribution in [0.4, 0.5) is 4.79 Å². The zero-order valence-electron chi connectivity index (χ0n) is 17.9. The number of carbonyl (C=O) groups excluding carboxylic acids is 1. The topological polar surface area (TPSA) is 48.1 Å². The van der Waals surface area contributed by atoms with E-state index in [9.17, 15) is 4.79 Å². The number of ether oxygens (including phenoxy) is 1. The van der Waals surface area contributed by atoms with Crippen LogP contribution < -0.4 is 5.32 Å². The number of carbonyl (C=O) groups is 1. The van der Waals surface area contributed by atoms with Crippen LogP contribution in [-0.4, -0.2) is 91.3 Å². The van der Waals surface area contributed by atoms with E-state index in [-0.39, 0.29) is 11.6 Å². The van der Waals surface area contributed by atoms with Crippen LogP contribution in [0.3, 0.4) is 0 Å². The van der Waals surface area contributed by atoms with Gasteiger partial charge in [-0.2, -0.15) is 0 Å². The Labute approximate surface area is 165 Å². The molecule has 156 valence electrons. The van der Waals surface area contributed by atoms with Crippen molar-refractivity contribution in [1.29, 1.82) is 0 Å². The summed E-state index contributed by atoms with van der Waals surface area (Å²) in [6.07, 6.45) is 4.09. The first kappa shape index (κ1) is 20.9. The summed E-state index contributed by atoms with van der Waals surface area (Å²) in [5, 5.41) is 3.21. The maximum atomic E-state index is 12.7. The first-order chi connectivity index (χ1) is 12.8. The largest absolute Gasteiger partial charge is 0.377 e.